The number of aromatic nitrogens is 5. The molecule has 0 spiro atoms. The third-order valence-corrected chi connectivity index (χ3v) is 5.09. The van der Waals surface area contributed by atoms with Crippen LogP contribution in [0.15, 0.2) is 41.6 Å². The molecule has 1 aliphatic rings. The molecule has 3 aromatic rings. The van der Waals surface area contributed by atoms with Gasteiger partial charge in [0.05, 0.1) is 12.6 Å². The number of aryl methyl sites for hydroxylation is 1. The molecule has 4 heterocycles. The van der Waals surface area contributed by atoms with Crippen molar-refractivity contribution in [3.63, 3.8) is 0 Å². The van der Waals surface area contributed by atoms with Gasteiger partial charge in [-0.2, -0.15) is 0 Å². The van der Waals surface area contributed by atoms with Crippen LogP contribution >= 0.6 is 0 Å². The fourth-order valence-electron chi connectivity index (χ4n) is 3.77. The van der Waals surface area contributed by atoms with Crippen molar-refractivity contribution in [2.45, 2.75) is 45.3 Å². The molecule has 7 nitrogen and oxygen atoms in total. The van der Waals surface area contributed by atoms with Gasteiger partial charge < -0.3 is 4.57 Å². The summed E-state index contributed by atoms with van der Waals surface area (Å²) < 4.78 is 5.39. The first kappa shape index (κ1) is 16.1. The Morgan fingerprint density at radius 1 is 1.20 bits per heavy atom. The van der Waals surface area contributed by atoms with Crippen molar-refractivity contribution >= 4 is 5.65 Å². The van der Waals surface area contributed by atoms with E-state index in [4.69, 9.17) is 0 Å². The van der Waals surface area contributed by atoms with Crippen LogP contribution < -0.4 is 5.69 Å². The van der Waals surface area contributed by atoms with Gasteiger partial charge in [-0.25, -0.2) is 14.5 Å². The second-order valence-electron chi connectivity index (χ2n) is 6.55. The summed E-state index contributed by atoms with van der Waals surface area (Å²) in [6.45, 7) is 5.54. The number of hydrogen-bond acceptors (Lipinski definition) is 4. The van der Waals surface area contributed by atoms with Gasteiger partial charge in [-0.05, 0) is 38.4 Å². The highest BCUT2D eigenvalue weighted by atomic mass is 16.2. The molecule has 25 heavy (non-hydrogen) atoms. The van der Waals surface area contributed by atoms with Crippen LogP contribution in [0.25, 0.3) is 5.65 Å². The first-order valence-electron chi connectivity index (χ1n) is 9.07. The summed E-state index contributed by atoms with van der Waals surface area (Å²) in [7, 11) is 0. The molecule has 1 atom stereocenters. The van der Waals surface area contributed by atoms with Gasteiger partial charge in [0, 0.05) is 31.7 Å². The number of likely N-dealkylation sites (tertiary alicyclic amines) is 1. The molecule has 1 unspecified atom stereocenters. The molecule has 0 N–H and O–H groups in total. The number of rotatable bonds is 5. The summed E-state index contributed by atoms with van der Waals surface area (Å²) in [5, 5.41) is 4.44. The maximum absolute atomic E-state index is 12.4. The molecule has 4 rings (SSSR count). The molecule has 0 aromatic carbocycles. The topological polar surface area (TPSA) is 60.4 Å². The van der Waals surface area contributed by atoms with E-state index in [0.717, 1.165) is 31.9 Å². The molecular formula is C18H24N6O. The maximum atomic E-state index is 12.4. The summed E-state index contributed by atoms with van der Waals surface area (Å²) >= 11 is 0. The second kappa shape index (κ2) is 6.84. The molecule has 0 amide bonds. The third-order valence-electron chi connectivity index (χ3n) is 5.09. The number of piperidine rings is 1. The molecule has 132 valence electrons. The van der Waals surface area contributed by atoms with Gasteiger partial charge in [0.1, 0.15) is 5.82 Å². The second-order valence-corrected chi connectivity index (χ2v) is 6.55. The Balaban J connectivity index is 1.53. The van der Waals surface area contributed by atoms with Crippen LogP contribution in [0.2, 0.25) is 0 Å². The predicted molar refractivity (Wildman–Crippen MR) is 95.5 cm³/mol. The lowest BCUT2D eigenvalue weighted by Gasteiger charge is -2.35. The Kier molecular flexibility index (Phi) is 4.40. The predicted octanol–water partition coefficient (Wildman–Crippen LogP) is 1.94. The largest absolute Gasteiger partial charge is 0.350 e. The van der Waals surface area contributed by atoms with Gasteiger partial charge >= 0.3 is 5.69 Å². The first-order chi connectivity index (χ1) is 12.3. The first-order valence-corrected chi connectivity index (χ1v) is 9.07. The van der Waals surface area contributed by atoms with E-state index >= 15 is 0 Å². The Labute approximate surface area is 146 Å². The van der Waals surface area contributed by atoms with Crippen LogP contribution in [0, 0.1) is 0 Å². The molecular weight excluding hydrogens is 316 g/mol. The quantitative estimate of drug-likeness (QED) is 0.712. The van der Waals surface area contributed by atoms with Crippen molar-refractivity contribution in [2.24, 2.45) is 0 Å². The van der Waals surface area contributed by atoms with Crippen molar-refractivity contribution in [2.75, 3.05) is 13.1 Å². The SMILES string of the molecule is CCn1ccnc1C1CCCCN1CCn1nc2ccccn2c1=O. The van der Waals surface area contributed by atoms with Gasteiger partial charge in [-0.1, -0.05) is 12.5 Å². The zero-order chi connectivity index (χ0) is 17.2. The van der Waals surface area contributed by atoms with Crippen molar-refractivity contribution in [3.05, 3.63) is 53.1 Å². The third kappa shape index (κ3) is 3.00. The maximum Gasteiger partial charge on any atom is 0.350 e. The van der Waals surface area contributed by atoms with Gasteiger partial charge in [-0.3, -0.25) is 9.30 Å². The molecule has 7 heteroatoms. The van der Waals surface area contributed by atoms with Gasteiger partial charge in [-0.15, -0.1) is 5.10 Å². The van der Waals surface area contributed by atoms with E-state index in [9.17, 15) is 4.79 Å². The zero-order valence-electron chi connectivity index (χ0n) is 14.6. The van der Waals surface area contributed by atoms with E-state index in [1.54, 1.807) is 15.3 Å². The van der Waals surface area contributed by atoms with Crippen LogP contribution in [0.4, 0.5) is 0 Å². The lowest BCUT2D eigenvalue weighted by molar-refractivity contribution is 0.132. The van der Waals surface area contributed by atoms with E-state index in [2.05, 4.69) is 32.7 Å². The van der Waals surface area contributed by atoms with E-state index in [0.29, 0.717) is 18.2 Å². The van der Waals surface area contributed by atoms with E-state index in [-0.39, 0.29) is 5.69 Å². The van der Waals surface area contributed by atoms with Crippen molar-refractivity contribution in [1.29, 1.82) is 0 Å². The Hall–Kier alpha value is -2.41. The smallest absolute Gasteiger partial charge is 0.334 e. The molecule has 3 aromatic heterocycles. The fourth-order valence-corrected chi connectivity index (χ4v) is 3.77. The normalized spacial score (nSPS) is 18.8. The summed E-state index contributed by atoms with van der Waals surface area (Å²) in [4.78, 5) is 19.5. The Morgan fingerprint density at radius 3 is 2.96 bits per heavy atom. The molecule has 0 radical (unpaired) electrons. The monoisotopic (exact) mass is 340 g/mol. The lowest BCUT2D eigenvalue weighted by Crippen LogP contribution is -2.38. The molecule has 0 aliphatic carbocycles. The highest BCUT2D eigenvalue weighted by Crippen LogP contribution is 2.29. The van der Waals surface area contributed by atoms with Crippen LogP contribution in [0.1, 0.15) is 38.1 Å². The van der Waals surface area contributed by atoms with E-state index < -0.39 is 0 Å². The van der Waals surface area contributed by atoms with Gasteiger partial charge in [0.2, 0.25) is 0 Å². The fraction of sp³-hybridized carbons (Fsp3) is 0.500. The molecule has 0 bridgehead atoms. The van der Waals surface area contributed by atoms with Crippen LogP contribution in [0.5, 0.6) is 0 Å². The van der Waals surface area contributed by atoms with Crippen LogP contribution in [-0.4, -0.2) is 41.7 Å². The van der Waals surface area contributed by atoms with E-state index in [1.807, 2.05) is 24.4 Å². The van der Waals surface area contributed by atoms with Crippen LogP contribution in [-0.2, 0) is 13.1 Å². The standard InChI is InChI=1S/C18H24N6O/c1-2-21-12-9-19-17(21)15-7-3-5-10-22(15)13-14-24-18(25)23-11-6-4-8-16(23)20-24/h4,6,8-9,11-12,15H,2-3,5,7,10,13-14H2,1H3. The van der Waals surface area contributed by atoms with Crippen molar-refractivity contribution < 1.29 is 0 Å². The lowest BCUT2D eigenvalue weighted by atomic mass is 10.0. The summed E-state index contributed by atoms with van der Waals surface area (Å²) in [6.07, 6.45) is 9.25. The zero-order valence-corrected chi connectivity index (χ0v) is 14.6. The number of nitrogens with zero attached hydrogens (tertiary/aromatic N) is 6. The highest BCUT2D eigenvalue weighted by molar-refractivity contribution is 5.35. The van der Waals surface area contributed by atoms with Crippen LogP contribution in [0.3, 0.4) is 0 Å². The number of hydrogen-bond donors (Lipinski definition) is 0. The number of fused-ring (bicyclic) bond motifs is 1. The van der Waals surface area contributed by atoms with Crippen molar-refractivity contribution in [1.82, 2.24) is 28.6 Å². The van der Waals surface area contributed by atoms with Gasteiger partial charge in [0.15, 0.2) is 5.65 Å². The number of imidazole rings is 1. The van der Waals surface area contributed by atoms with Gasteiger partial charge in [0.25, 0.3) is 0 Å². The van der Waals surface area contributed by atoms with Crippen molar-refractivity contribution in [3.8, 4) is 0 Å². The Morgan fingerprint density at radius 2 is 2.12 bits per heavy atom. The molecule has 1 fully saturated rings. The average molecular weight is 340 g/mol. The minimum Gasteiger partial charge on any atom is -0.334 e. The molecule has 1 aliphatic heterocycles. The summed E-state index contributed by atoms with van der Waals surface area (Å²) in [6, 6.07) is 5.94. The minimum absolute atomic E-state index is 0.0702. The Bertz CT molecular complexity index is 908. The number of pyridine rings is 1. The summed E-state index contributed by atoms with van der Waals surface area (Å²) in [5.74, 6) is 1.14. The average Bonchev–Trinajstić information content (AvgIpc) is 3.25. The minimum atomic E-state index is -0.0702. The molecule has 1 saturated heterocycles. The highest BCUT2D eigenvalue weighted by Gasteiger charge is 2.27. The molecule has 0 saturated carbocycles. The van der Waals surface area contributed by atoms with E-state index in [1.165, 1.54) is 12.8 Å². The summed E-state index contributed by atoms with van der Waals surface area (Å²) in [5.41, 5.74) is 0.628.